The average Bonchev–Trinajstić information content (AvgIpc) is 2.97. The molecule has 2 heterocycles. The van der Waals surface area contributed by atoms with Gasteiger partial charge in [0.1, 0.15) is 5.82 Å². The predicted octanol–water partition coefficient (Wildman–Crippen LogP) is 2.05. The summed E-state index contributed by atoms with van der Waals surface area (Å²) in [6.45, 7) is 0.806. The zero-order valence-electron chi connectivity index (χ0n) is 12.2. The van der Waals surface area contributed by atoms with Crippen LogP contribution in [0.25, 0.3) is 0 Å². The van der Waals surface area contributed by atoms with E-state index < -0.39 is 4.92 Å². The van der Waals surface area contributed by atoms with Gasteiger partial charge in [0.2, 0.25) is 0 Å². The molecule has 0 amide bonds. The first-order valence-corrected chi connectivity index (χ1v) is 7.02. The molecular weight excluding hydrogens is 296 g/mol. The molecule has 0 atom stereocenters. The summed E-state index contributed by atoms with van der Waals surface area (Å²) in [5, 5.41) is 10.8. The van der Waals surface area contributed by atoms with Gasteiger partial charge in [-0.1, -0.05) is 30.3 Å². The quantitative estimate of drug-likeness (QED) is 0.533. The van der Waals surface area contributed by atoms with Crippen molar-refractivity contribution in [2.24, 2.45) is 0 Å². The standard InChI is InChI=1S/C16H14N4O3/c21-16-7-6-14(20(22)23)11-19(16)12-15-17-8-9-18(15)10-13-4-2-1-3-5-13/h1-9,11H,10,12H2. The van der Waals surface area contributed by atoms with Crippen LogP contribution in [-0.2, 0) is 13.1 Å². The van der Waals surface area contributed by atoms with E-state index in [-0.39, 0.29) is 17.8 Å². The maximum atomic E-state index is 11.9. The molecule has 0 fully saturated rings. The van der Waals surface area contributed by atoms with Crippen LogP contribution in [0.3, 0.4) is 0 Å². The third-order valence-corrected chi connectivity index (χ3v) is 3.49. The molecule has 116 valence electrons. The van der Waals surface area contributed by atoms with Crippen molar-refractivity contribution in [3.8, 4) is 0 Å². The molecule has 7 nitrogen and oxygen atoms in total. The second-order valence-electron chi connectivity index (χ2n) is 5.07. The molecule has 7 heteroatoms. The summed E-state index contributed by atoms with van der Waals surface area (Å²) in [6.07, 6.45) is 4.72. The highest BCUT2D eigenvalue weighted by Gasteiger charge is 2.10. The van der Waals surface area contributed by atoms with Crippen LogP contribution in [0.1, 0.15) is 11.4 Å². The number of benzene rings is 1. The first-order chi connectivity index (χ1) is 11.1. The first kappa shape index (κ1) is 14.7. The molecular formula is C16H14N4O3. The van der Waals surface area contributed by atoms with Gasteiger partial charge in [0.25, 0.3) is 11.2 Å². The number of hydrogen-bond acceptors (Lipinski definition) is 4. The number of imidazole rings is 1. The largest absolute Gasteiger partial charge is 0.329 e. The number of aromatic nitrogens is 3. The highest BCUT2D eigenvalue weighted by atomic mass is 16.6. The van der Waals surface area contributed by atoms with Crippen molar-refractivity contribution >= 4 is 5.69 Å². The topological polar surface area (TPSA) is 83.0 Å². The highest BCUT2D eigenvalue weighted by molar-refractivity contribution is 5.25. The Morgan fingerprint density at radius 1 is 1.04 bits per heavy atom. The summed E-state index contributed by atoms with van der Waals surface area (Å²) >= 11 is 0. The van der Waals surface area contributed by atoms with Gasteiger partial charge in [0.15, 0.2) is 0 Å². The van der Waals surface area contributed by atoms with Crippen LogP contribution in [0.15, 0.2) is 65.8 Å². The Labute approximate surface area is 131 Å². The van der Waals surface area contributed by atoms with Gasteiger partial charge >= 0.3 is 0 Å². The zero-order chi connectivity index (χ0) is 16.2. The molecule has 0 radical (unpaired) electrons. The normalized spacial score (nSPS) is 10.6. The fraction of sp³-hybridized carbons (Fsp3) is 0.125. The van der Waals surface area contributed by atoms with E-state index in [9.17, 15) is 14.9 Å². The van der Waals surface area contributed by atoms with Crippen LogP contribution >= 0.6 is 0 Å². The van der Waals surface area contributed by atoms with Crippen molar-refractivity contribution in [1.29, 1.82) is 0 Å². The van der Waals surface area contributed by atoms with Crippen LogP contribution in [0.4, 0.5) is 5.69 Å². The van der Waals surface area contributed by atoms with Gasteiger partial charge in [0, 0.05) is 31.1 Å². The maximum Gasteiger partial charge on any atom is 0.285 e. The Morgan fingerprint density at radius 2 is 1.83 bits per heavy atom. The van der Waals surface area contributed by atoms with E-state index in [1.165, 1.54) is 22.9 Å². The van der Waals surface area contributed by atoms with Crippen LogP contribution in [-0.4, -0.2) is 19.0 Å². The monoisotopic (exact) mass is 310 g/mol. The predicted molar refractivity (Wildman–Crippen MR) is 84.2 cm³/mol. The molecule has 0 saturated carbocycles. The van der Waals surface area contributed by atoms with E-state index in [1.54, 1.807) is 6.20 Å². The molecule has 23 heavy (non-hydrogen) atoms. The number of nitrogens with zero attached hydrogens (tertiary/aromatic N) is 4. The summed E-state index contributed by atoms with van der Waals surface area (Å²) < 4.78 is 3.21. The summed E-state index contributed by atoms with van der Waals surface area (Å²) in [5.41, 5.74) is 0.689. The van der Waals surface area contributed by atoms with Gasteiger partial charge in [0.05, 0.1) is 17.7 Å². The van der Waals surface area contributed by atoms with Crippen molar-refractivity contribution in [2.45, 2.75) is 13.1 Å². The van der Waals surface area contributed by atoms with Crippen LogP contribution in [0.5, 0.6) is 0 Å². The Kier molecular flexibility index (Phi) is 4.01. The summed E-state index contributed by atoms with van der Waals surface area (Å²) in [4.78, 5) is 26.5. The van der Waals surface area contributed by atoms with E-state index in [4.69, 9.17) is 0 Å². The minimum atomic E-state index is -0.521. The lowest BCUT2D eigenvalue weighted by atomic mass is 10.2. The van der Waals surface area contributed by atoms with Gasteiger partial charge in [-0.2, -0.15) is 0 Å². The van der Waals surface area contributed by atoms with E-state index in [2.05, 4.69) is 4.98 Å². The zero-order valence-corrected chi connectivity index (χ0v) is 12.2. The fourth-order valence-corrected chi connectivity index (χ4v) is 2.32. The molecule has 0 saturated heterocycles. The minimum Gasteiger partial charge on any atom is -0.329 e. The lowest BCUT2D eigenvalue weighted by molar-refractivity contribution is -0.385. The van der Waals surface area contributed by atoms with Gasteiger partial charge < -0.3 is 9.13 Å². The molecule has 3 aromatic rings. The number of rotatable bonds is 5. The van der Waals surface area contributed by atoms with Crippen molar-refractivity contribution in [3.05, 3.63) is 92.9 Å². The lowest BCUT2D eigenvalue weighted by Gasteiger charge is -2.09. The highest BCUT2D eigenvalue weighted by Crippen LogP contribution is 2.09. The SMILES string of the molecule is O=c1ccc([N+](=O)[O-])cn1Cc1nccn1Cc1ccccc1. The molecule has 0 unspecified atom stereocenters. The van der Waals surface area contributed by atoms with Crippen molar-refractivity contribution < 1.29 is 4.92 Å². The molecule has 0 N–H and O–H groups in total. The molecule has 0 aliphatic rings. The Balaban J connectivity index is 1.87. The van der Waals surface area contributed by atoms with E-state index in [1.807, 2.05) is 41.1 Å². The van der Waals surface area contributed by atoms with Gasteiger partial charge in [-0.25, -0.2) is 4.98 Å². The van der Waals surface area contributed by atoms with E-state index in [0.29, 0.717) is 12.4 Å². The second kappa shape index (κ2) is 6.27. The van der Waals surface area contributed by atoms with Crippen LogP contribution in [0, 0.1) is 10.1 Å². The van der Waals surface area contributed by atoms with E-state index >= 15 is 0 Å². The van der Waals surface area contributed by atoms with Crippen molar-refractivity contribution in [1.82, 2.24) is 14.1 Å². The Bertz CT molecular complexity index is 884. The number of pyridine rings is 1. The minimum absolute atomic E-state index is 0.120. The van der Waals surface area contributed by atoms with Gasteiger partial charge in [-0.15, -0.1) is 0 Å². The van der Waals surface area contributed by atoms with Crippen molar-refractivity contribution in [2.75, 3.05) is 0 Å². The van der Waals surface area contributed by atoms with Gasteiger partial charge in [-0.3, -0.25) is 14.9 Å². The molecule has 2 aromatic heterocycles. The molecule has 0 spiro atoms. The smallest absolute Gasteiger partial charge is 0.285 e. The lowest BCUT2D eigenvalue weighted by Crippen LogP contribution is -2.21. The Morgan fingerprint density at radius 3 is 2.57 bits per heavy atom. The number of hydrogen-bond donors (Lipinski definition) is 0. The molecule has 3 rings (SSSR count). The molecule has 1 aromatic carbocycles. The molecule has 0 aliphatic carbocycles. The number of nitro groups is 1. The fourth-order valence-electron chi connectivity index (χ4n) is 2.32. The third-order valence-electron chi connectivity index (χ3n) is 3.49. The third kappa shape index (κ3) is 3.34. The Hall–Kier alpha value is -3.22. The van der Waals surface area contributed by atoms with Crippen LogP contribution < -0.4 is 5.56 Å². The van der Waals surface area contributed by atoms with E-state index in [0.717, 1.165) is 5.56 Å². The molecule has 0 bridgehead atoms. The average molecular weight is 310 g/mol. The summed E-state index contributed by atoms with van der Waals surface area (Å²) in [5.74, 6) is 0.663. The molecule has 0 aliphatic heterocycles. The van der Waals surface area contributed by atoms with Crippen LogP contribution in [0.2, 0.25) is 0 Å². The maximum absolute atomic E-state index is 11.9. The second-order valence-corrected chi connectivity index (χ2v) is 5.07. The first-order valence-electron chi connectivity index (χ1n) is 7.02. The summed E-state index contributed by atoms with van der Waals surface area (Å²) in [6, 6.07) is 12.3. The van der Waals surface area contributed by atoms with Crippen molar-refractivity contribution in [3.63, 3.8) is 0 Å². The van der Waals surface area contributed by atoms with Gasteiger partial charge in [-0.05, 0) is 5.56 Å². The summed E-state index contributed by atoms with van der Waals surface area (Å²) in [7, 11) is 0.